The van der Waals surface area contributed by atoms with Crippen molar-refractivity contribution in [2.75, 3.05) is 0 Å². The van der Waals surface area contributed by atoms with Crippen LogP contribution in [0.2, 0.25) is 0 Å². The summed E-state index contributed by atoms with van der Waals surface area (Å²) in [5.41, 5.74) is 1.21. The van der Waals surface area contributed by atoms with Gasteiger partial charge >= 0.3 is 0 Å². The molecule has 0 atom stereocenters. The molecule has 2 nitrogen and oxygen atoms in total. The van der Waals surface area contributed by atoms with Crippen molar-refractivity contribution in [1.29, 1.82) is 0 Å². The lowest BCUT2D eigenvalue weighted by molar-refractivity contribution is 0.518. The zero-order valence-corrected chi connectivity index (χ0v) is 8.41. The summed E-state index contributed by atoms with van der Waals surface area (Å²) >= 11 is 0. The molecule has 0 radical (unpaired) electrons. The van der Waals surface area contributed by atoms with Crippen molar-refractivity contribution in [3.05, 3.63) is 18.0 Å². The molecule has 0 aromatic carbocycles. The number of nitrogens with zero attached hydrogens (tertiary/aromatic N) is 2. The minimum atomic E-state index is 0.478. The molecule has 0 unspecified atom stereocenters. The minimum Gasteiger partial charge on any atom is -0.270 e. The van der Waals surface area contributed by atoms with E-state index in [1.54, 1.807) is 0 Å². The van der Waals surface area contributed by atoms with E-state index in [9.17, 15) is 0 Å². The molecule has 68 valence electrons. The van der Waals surface area contributed by atoms with Crippen LogP contribution in [0.1, 0.15) is 39.4 Å². The zero-order chi connectivity index (χ0) is 9.14. The molecule has 12 heavy (non-hydrogen) atoms. The van der Waals surface area contributed by atoms with Crippen LogP contribution >= 0.6 is 0 Å². The Balaban J connectivity index is 2.64. The van der Waals surface area contributed by atoms with Crippen LogP contribution in [0, 0.1) is 5.92 Å². The quantitative estimate of drug-likeness (QED) is 0.675. The van der Waals surface area contributed by atoms with E-state index in [2.05, 4.69) is 45.1 Å². The predicted molar refractivity (Wildman–Crippen MR) is 51.2 cm³/mol. The van der Waals surface area contributed by atoms with E-state index in [1.807, 2.05) is 4.68 Å². The fraction of sp³-hybridized carbons (Fsp3) is 0.700. The van der Waals surface area contributed by atoms with E-state index >= 15 is 0 Å². The number of hydrogen-bond donors (Lipinski definition) is 0. The molecular weight excluding hydrogens is 148 g/mol. The maximum absolute atomic E-state index is 4.47. The fourth-order valence-electron chi connectivity index (χ4n) is 1.19. The second kappa shape index (κ2) is 3.74. The summed E-state index contributed by atoms with van der Waals surface area (Å²) in [6.07, 6.45) is 3.14. The van der Waals surface area contributed by atoms with Gasteiger partial charge in [0.15, 0.2) is 0 Å². The number of hydrogen-bond acceptors (Lipinski definition) is 1. The van der Waals surface area contributed by atoms with Gasteiger partial charge < -0.3 is 0 Å². The third kappa shape index (κ3) is 2.36. The van der Waals surface area contributed by atoms with Crippen molar-refractivity contribution in [1.82, 2.24) is 9.78 Å². The summed E-state index contributed by atoms with van der Waals surface area (Å²) in [5.74, 6) is 0.695. The van der Waals surface area contributed by atoms with Crippen LogP contribution in [0.4, 0.5) is 0 Å². The van der Waals surface area contributed by atoms with Crippen molar-refractivity contribution in [2.45, 2.75) is 40.2 Å². The molecule has 0 saturated carbocycles. The van der Waals surface area contributed by atoms with Gasteiger partial charge in [0.05, 0.1) is 5.69 Å². The fourth-order valence-corrected chi connectivity index (χ4v) is 1.19. The Morgan fingerprint density at radius 3 is 2.42 bits per heavy atom. The first-order valence-corrected chi connectivity index (χ1v) is 4.63. The standard InChI is InChI=1S/C10H18N2/c1-8(2)7-10-5-6-12(11-10)9(3)4/h5-6,8-9H,7H2,1-4H3. The monoisotopic (exact) mass is 166 g/mol. The topological polar surface area (TPSA) is 17.8 Å². The van der Waals surface area contributed by atoms with Crippen molar-refractivity contribution in [2.24, 2.45) is 5.92 Å². The average molecular weight is 166 g/mol. The van der Waals surface area contributed by atoms with Gasteiger partial charge in [0.25, 0.3) is 0 Å². The number of aromatic nitrogens is 2. The summed E-state index contributed by atoms with van der Waals surface area (Å²) in [4.78, 5) is 0. The van der Waals surface area contributed by atoms with Gasteiger partial charge in [-0.1, -0.05) is 13.8 Å². The van der Waals surface area contributed by atoms with Gasteiger partial charge in [-0.15, -0.1) is 0 Å². The molecule has 1 aromatic heterocycles. The molecule has 1 heterocycles. The molecule has 0 aliphatic heterocycles. The second-order valence-corrected chi connectivity index (χ2v) is 3.98. The summed E-state index contributed by atoms with van der Waals surface area (Å²) in [7, 11) is 0. The van der Waals surface area contributed by atoms with Gasteiger partial charge in [-0.2, -0.15) is 5.10 Å². The SMILES string of the molecule is CC(C)Cc1ccn(C(C)C)n1. The molecule has 0 fully saturated rings. The third-order valence-electron chi connectivity index (χ3n) is 1.81. The van der Waals surface area contributed by atoms with E-state index in [0.29, 0.717) is 12.0 Å². The van der Waals surface area contributed by atoms with Gasteiger partial charge in [0, 0.05) is 12.2 Å². The Bertz CT molecular complexity index is 236. The minimum absolute atomic E-state index is 0.478. The molecule has 0 N–H and O–H groups in total. The highest BCUT2D eigenvalue weighted by atomic mass is 15.3. The van der Waals surface area contributed by atoms with E-state index in [4.69, 9.17) is 0 Å². The lowest BCUT2D eigenvalue weighted by Crippen LogP contribution is -2.03. The second-order valence-electron chi connectivity index (χ2n) is 3.98. The van der Waals surface area contributed by atoms with Crippen LogP contribution in [0.3, 0.4) is 0 Å². The Hall–Kier alpha value is -0.790. The van der Waals surface area contributed by atoms with E-state index in [0.717, 1.165) is 6.42 Å². The molecule has 2 heteroatoms. The van der Waals surface area contributed by atoms with Gasteiger partial charge in [-0.05, 0) is 32.3 Å². The first-order valence-electron chi connectivity index (χ1n) is 4.63. The molecule has 0 aliphatic carbocycles. The highest BCUT2D eigenvalue weighted by Crippen LogP contribution is 2.08. The lowest BCUT2D eigenvalue weighted by atomic mass is 10.1. The van der Waals surface area contributed by atoms with Crippen LogP contribution < -0.4 is 0 Å². The Morgan fingerprint density at radius 1 is 1.33 bits per heavy atom. The van der Waals surface area contributed by atoms with Gasteiger partial charge in [-0.25, -0.2) is 0 Å². The highest BCUT2D eigenvalue weighted by molar-refractivity contribution is 5.00. The Labute approximate surface area is 74.6 Å². The van der Waals surface area contributed by atoms with Crippen LogP contribution in [0.15, 0.2) is 12.3 Å². The van der Waals surface area contributed by atoms with Crippen LogP contribution in [0.5, 0.6) is 0 Å². The third-order valence-corrected chi connectivity index (χ3v) is 1.81. The molecule has 0 saturated heterocycles. The van der Waals surface area contributed by atoms with Crippen LogP contribution in [0.25, 0.3) is 0 Å². The lowest BCUT2D eigenvalue weighted by Gasteiger charge is -2.04. The summed E-state index contributed by atoms with van der Waals surface area (Å²) in [6, 6.07) is 2.59. The van der Waals surface area contributed by atoms with Crippen LogP contribution in [-0.4, -0.2) is 9.78 Å². The molecule has 1 aromatic rings. The van der Waals surface area contributed by atoms with Crippen molar-refractivity contribution < 1.29 is 0 Å². The molecule has 1 rings (SSSR count). The summed E-state index contributed by atoms with van der Waals surface area (Å²) in [6.45, 7) is 8.72. The highest BCUT2D eigenvalue weighted by Gasteiger charge is 2.03. The molecular formula is C10H18N2. The van der Waals surface area contributed by atoms with Gasteiger partial charge in [0.1, 0.15) is 0 Å². The summed E-state index contributed by atoms with van der Waals surface area (Å²) < 4.78 is 2.01. The smallest absolute Gasteiger partial charge is 0.0627 e. The van der Waals surface area contributed by atoms with Crippen LogP contribution in [-0.2, 0) is 6.42 Å². The molecule has 0 amide bonds. The average Bonchev–Trinajstić information content (AvgIpc) is 2.34. The Kier molecular flexibility index (Phi) is 2.90. The van der Waals surface area contributed by atoms with Crippen molar-refractivity contribution in [3.8, 4) is 0 Å². The maximum atomic E-state index is 4.47. The van der Waals surface area contributed by atoms with Gasteiger partial charge in [-0.3, -0.25) is 4.68 Å². The van der Waals surface area contributed by atoms with Crippen molar-refractivity contribution in [3.63, 3.8) is 0 Å². The largest absolute Gasteiger partial charge is 0.270 e. The number of rotatable bonds is 3. The normalized spacial score (nSPS) is 11.5. The zero-order valence-electron chi connectivity index (χ0n) is 8.41. The maximum Gasteiger partial charge on any atom is 0.0627 e. The van der Waals surface area contributed by atoms with E-state index in [-0.39, 0.29) is 0 Å². The van der Waals surface area contributed by atoms with Gasteiger partial charge in [0.2, 0.25) is 0 Å². The van der Waals surface area contributed by atoms with E-state index < -0.39 is 0 Å². The first-order chi connectivity index (χ1) is 5.59. The first kappa shape index (κ1) is 9.30. The molecule has 0 bridgehead atoms. The van der Waals surface area contributed by atoms with Crippen molar-refractivity contribution >= 4 is 0 Å². The molecule has 0 spiro atoms. The predicted octanol–water partition coefficient (Wildman–Crippen LogP) is 2.66. The summed E-state index contributed by atoms with van der Waals surface area (Å²) in [5, 5.41) is 4.47. The molecule has 0 aliphatic rings. The Morgan fingerprint density at radius 2 is 2.00 bits per heavy atom. The van der Waals surface area contributed by atoms with E-state index in [1.165, 1.54) is 5.69 Å².